The molecular formula is C14H23N3O3. The van der Waals surface area contributed by atoms with Gasteiger partial charge < -0.3 is 14.6 Å². The number of rotatable bonds is 7. The molecule has 0 radical (unpaired) electrons. The number of hydrogen-bond acceptors (Lipinski definition) is 3. The van der Waals surface area contributed by atoms with Crippen molar-refractivity contribution >= 4 is 11.9 Å². The maximum absolute atomic E-state index is 12.2. The van der Waals surface area contributed by atoms with Crippen molar-refractivity contribution in [2.75, 3.05) is 7.05 Å². The largest absolute Gasteiger partial charge is 0.481 e. The second-order valence-electron chi connectivity index (χ2n) is 5.17. The third-order valence-electron chi connectivity index (χ3n) is 4.02. The van der Waals surface area contributed by atoms with Gasteiger partial charge in [-0.25, -0.2) is 4.98 Å². The fourth-order valence-electron chi connectivity index (χ4n) is 2.15. The Labute approximate surface area is 119 Å². The number of nitrogens with zero attached hydrogens (tertiary/aromatic N) is 3. The number of aromatic nitrogens is 2. The van der Waals surface area contributed by atoms with Gasteiger partial charge in [0.1, 0.15) is 5.82 Å². The van der Waals surface area contributed by atoms with Gasteiger partial charge in [0.05, 0.1) is 12.0 Å². The molecule has 1 heterocycles. The number of carboxylic acids is 1. The van der Waals surface area contributed by atoms with E-state index < -0.39 is 11.4 Å². The molecule has 1 rings (SSSR count). The molecule has 0 saturated heterocycles. The first kappa shape index (κ1) is 16.2. The first-order chi connectivity index (χ1) is 9.36. The van der Waals surface area contributed by atoms with Gasteiger partial charge in [-0.2, -0.15) is 0 Å². The van der Waals surface area contributed by atoms with Crippen LogP contribution in [0.15, 0.2) is 12.4 Å². The van der Waals surface area contributed by atoms with Crippen molar-refractivity contribution in [1.29, 1.82) is 0 Å². The van der Waals surface area contributed by atoms with E-state index in [1.54, 1.807) is 13.2 Å². The van der Waals surface area contributed by atoms with Crippen LogP contribution in [0.2, 0.25) is 0 Å². The van der Waals surface area contributed by atoms with E-state index in [1.165, 1.54) is 4.90 Å². The number of amides is 1. The highest BCUT2D eigenvalue weighted by Crippen LogP contribution is 2.31. The first-order valence-electron chi connectivity index (χ1n) is 6.80. The molecule has 1 aromatic rings. The molecule has 0 unspecified atom stereocenters. The Hall–Kier alpha value is -1.85. The second-order valence-corrected chi connectivity index (χ2v) is 5.17. The predicted octanol–water partition coefficient (Wildman–Crippen LogP) is 1.66. The average molecular weight is 281 g/mol. The minimum absolute atomic E-state index is 0.0241. The Morgan fingerprint density at radius 1 is 1.40 bits per heavy atom. The van der Waals surface area contributed by atoms with Crippen molar-refractivity contribution < 1.29 is 14.7 Å². The fraction of sp³-hybridized carbons (Fsp3) is 0.643. The third kappa shape index (κ3) is 3.37. The number of imidazole rings is 1. The smallest absolute Gasteiger partial charge is 0.310 e. The highest BCUT2D eigenvalue weighted by Gasteiger charge is 2.37. The molecule has 0 saturated carbocycles. The van der Waals surface area contributed by atoms with Crippen LogP contribution < -0.4 is 0 Å². The molecule has 1 amide bonds. The number of carbonyl (C=O) groups excluding carboxylic acids is 1. The van der Waals surface area contributed by atoms with Crippen LogP contribution in [0, 0.1) is 5.41 Å². The summed E-state index contributed by atoms with van der Waals surface area (Å²) in [7, 11) is 3.54. The van der Waals surface area contributed by atoms with E-state index >= 15 is 0 Å². The van der Waals surface area contributed by atoms with E-state index in [-0.39, 0.29) is 12.3 Å². The zero-order chi connectivity index (χ0) is 15.3. The Kier molecular flexibility index (Phi) is 5.30. The van der Waals surface area contributed by atoms with Crippen LogP contribution >= 0.6 is 0 Å². The topological polar surface area (TPSA) is 75.4 Å². The van der Waals surface area contributed by atoms with Gasteiger partial charge in [0.15, 0.2) is 0 Å². The van der Waals surface area contributed by atoms with Crippen molar-refractivity contribution in [3.8, 4) is 0 Å². The number of carboxylic acid groups (broad SMARTS) is 1. The van der Waals surface area contributed by atoms with E-state index in [4.69, 9.17) is 0 Å². The van der Waals surface area contributed by atoms with E-state index in [2.05, 4.69) is 4.98 Å². The minimum atomic E-state index is -0.965. The molecule has 0 spiro atoms. The SMILES string of the molecule is CCC(CC)(CC(=O)N(C)Cc1nccn1C)C(=O)O. The molecule has 0 aromatic carbocycles. The molecule has 0 aliphatic rings. The van der Waals surface area contributed by atoms with Gasteiger partial charge in [-0.15, -0.1) is 0 Å². The molecular weight excluding hydrogens is 258 g/mol. The van der Waals surface area contributed by atoms with Crippen molar-refractivity contribution in [3.63, 3.8) is 0 Å². The Morgan fingerprint density at radius 3 is 2.40 bits per heavy atom. The molecule has 112 valence electrons. The molecule has 0 bridgehead atoms. The Balaban J connectivity index is 2.74. The van der Waals surface area contributed by atoms with Crippen LogP contribution in [0.5, 0.6) is 0 Å². The van der Waals surface area contributed by atoms with Gasteiger partial charge >= 0.3 is 5.97 Å². The highest BCUT2D eigenvalue weighted by atomic mass is 16.4. The predicted molar refractivity (Wildman–Crippen MR) is 74.9 cm³/mol. The summed E-state index contributed by atoms with van der Waals surface area (Å²) in [5, 5.41) is 9.37. The molecule has 6 nitrogen and oxygen atoms in total. The summed E-state index contributed by atoms with van der Waals surface area (Å²) in [6.45, 7) is 4.00. The summed E-state index contributed by atoms with van der Waals surface area (Å²) in [4.78, 5) is 29.4. The van der Waals surface area contributed by atoms with Gasteiger partial charge in [-0.1, -0.05) is 13.8 Å². The molecule has 6 heteroatoms. The van der Waals surface area contributed by atoms with Crippen LogP contribution in [0.25, 0.3) is 0 Å². The first-order valence-corrected chi connectivity index (χ1v) is 6.80. The summed E-state index contributed by atoms with van der Waals surface area (Å²) >= 11 is 0. The van der Waals surface area contributed by atoms with Gasteiger partial charge in [0, 0.05) is 32.9 Å². The zero-order valence-corrected chi connectivity index (χ0v) is 12.6. The average Bonchev–Trinajstić information content (AvgIpc) is 2.81. The monoisotopic (exact) mass is 281 g/mol. The van der Waals surface area contributed by atoms with Crippen molar-refractivity contribution in [2.24, 2.45) is 12.5 Å². The van der Waals surface area contributed by atoms with Crippen LogP contribution in [-0.4, -0.2) is 38.5 Å². The summed E-state index contributed by atoms with van der Waals surface area (Å²) in [6.07, 6.45) is 4.40. The molecule has 0 aliphatic carbocycles. The molecule has 0 aliphatic heterocycles. The van der Waals surface area contributed by atoms with Crippen LogP contribution in [0.3, 0.4) is 0 Å². The quantitative estimate of drug-likeness (QED) is 0.824. The maximum atomic E-state index is 12.2. The summed E-state index contributed by atoms with van der Waals surface area (Å²) in [5.74, 6) is -0.296. The lowest BCUT2D eigenvalue weighted by Gasteiger charge is -2.28. The lowest BCUT2D eigenvalue weighted by Crippen LogP contribution is -2.37. The molecule has 0 atom stereocenters. The zero-order valence-electron chi connectivity index (χ0n) is 12.6. The number of hydrogen-bond donors (Lipinski definition) is 1. The lowest BCUT2D eigenvalue weighted by molar-refractivity contribution is -0.154. The van der Waals surface area contributed by atoms with Crippen molar-refractivity contribution in [2.45, 2.75) is 39.7 Å². The second kappa shape index (κ2) is 6.54. The van der Waals surface area contributed by atoms with Crippen LogP contribution in [0.4, 0.5) is 0 Å². The summed E-state index contributed by atoms with van der Waals surface area (Å²) in [5.41, 5.74) is -0.965. The van der Waals surface area contributed by atoms with Crippen molar-refractivity contribution in [1.82, 2.24) is 14.5 Å². The molecule has 20 heavy (non-hydrogen) atoms. The van der Waals surface area contributed by atoms with Crippen LogP contribution in [-0.2, 0) is 23.2 Å². The molecule has 0 fully saturated rings. The Bertz CT molecular complexity index is 478. The number of aliphatic carboxylic acids is 1. The van der Waals surface area contributed by atoms with Crippen LogP contribution in [0.1, 0.15) is 38.9 Å². The minimum Gasteiger partial charge on any atom is -0.481 e. The fourth-order valence-corrected chi connectivity index (χ4v) is 2.15. The lowest BCUT2D eigenvalue weighted by atomic mass is 9.79. The van der Waals surface area contributed by atoms with E-state index in [0.29, 0.717) is 19.4 Å². The van der Waals surface area contributed by atoms with Crippen molar-refractivity contribution in [3.05, 3.63) is 18.2 Å². The number of carbonyl (C=O) groups is 2. The Morgan fingerprint density at radius 2 is 2.00 bits per heavy atom. The summed E-state index contributed by atoms with van der Waals surface area (Å²) < 4.78 is 1.84. The van der Waals surface area contributed by atoms with E-state index in [0.717, 1.165) is 5.82 Å². The van der Waals surface area contributed by atoms with E-state index in [1.807, 2.05) is 31.7 Å². The molecule has 1 aromatic heterocycles. The highest BCUT2D eigenvalue weighted by molar-refractivity contribution is 5.84. The number of aryl methyl sites for hydroxylation is 1. The van der Waals surface area contributed by atoms with Gasteiger partial charge in [-0.05, 0) is 12.8 Å². The van der Waals surface area contributed by atoms with E-state index in [9.17, 15) is 14.7 Å². The van der Waals surface area contributed by atoms with Gasteiger partial charge in [0.2, 0.25) is 5.91 Å². The third-order valence-corrected chi connectivity index (χ3v) is 4.02. The van der Waals surface area contributed by atoms with Gasteiger partial charge in [-0.3, -0.25) is 9.59 Å². The molecule has 1 N–H and O–H groups in total. The summed E-state index contributed by atoms with van der Waals surface area (Å²) in [6, 6.07) is 0. The van der Waals surface area contributed by atoms with Gasteiger partial charge in [0.25, 0.3) is 0 Å². The maximum Gasteiger partial charge on any atom is 0.310 e. The standard InChI is InChI=1S/C14H23N3O3/c1-5-14(6-2,13(19)20)9-12(18)17(4)10-11-15-7-8-16(11)3/h7-8H,5-6,9-10H2,1-4H3,(H,19,20). The normalized spacial score (nSPS) is 11.4.